The quantitative estimate of drug-likeness (QED) is 0.716. The smallest absolute Gasteiger partial charge is 0.161 e. The van der Waals surface area contributed by atoms with Gasteiger partial charge in [0.2, 0.25) is 0 Å². The highest BCUT2D eigenvalue weighted by atomic mass is 16.3. The van der Waals surface area contributed by atoms with E-state index >= 15 is 0 Å². The second-order valence-corrected chi connectivity index (χ2v) is 3.05. The van der Waals surface area contributed by atoms with Gasteiger partial charge in [0, 0.05) is 12.6 Å². The van der Waals surface area contributed by atoms with Gasteiger partial charge in [-0.05, 0) is 24.3 Å². The molecule has 0 aliphatic heterocycles. The zero-order valence-corrected chi connectivity index (χ0v) is 7.68. The fraction of sp³-hybridized carbons (Fsp3) is 0.100. The van der Waals surface area contributed by atoms with Gasteiger partial charge in [-0.3, -0.25) is 4.68 Å². The van der Waals surface area contributed by atoms with Gasteiger partial charge < -0.3 is 10.2 Å². The normalized spacial score (nSPS) is 10.4. The van der Waals surface area contributed by atoms with Crippen LogP contribution in [-0.4, -0.2) is 20.0 Å². The molecule has 4 nitrogen and oxygen atoms in total. The maximum absolute atomic E-state index is 9.51. The average Bonchev–Trinajstić information content (AvgIpc) is 2.49. The number of benzene rings is 1. The molecule has 0 aliphatic rings. The van der Waals surface area contributed by atoms with Gasteiger partial charge in [0.25, 0.3) is 0 Å². The third kappa shape index (κ3) is 1.31. The number of rotatable bonds is 1. The van der Waals surface area contributed by atoms with Crippen LogP contribution in [0.1, 0.15) is 0 Å². The van der Waals surface area contributed by atoms with Gasteiger partial charge in [0.1, 0.15) is 11.4 Å². The predicted molar refractivity (Wildman–Crippen MR) is 52.0 cm³/mol. The number of nitrogens with zero attached hydrogens (tertiary/aromatic N) is 2. The highest BCUT2D eigenvalue weighted by molar-refractivity contribution is 5.66. The first-order valence-corrected chi connectivity index (χ1v) is 4.19. The van der Waals surface area contributed by atoms with Crippen LogP contribution in [-0.2, 0) is 7.05 Å². The Morgan fingerprint density at radius 1 is 1.14 bits per heavy atom. The highest BCUT2D eigenvalue weighted by Gasteiger charge is 2.08. The number of aromatic hydroxyl groups is 2. The summed E-state index contributed by atoms with van der Waals surface area (Å²) in [6, 6.07) is 6.60. The molecule has 2 aromatic rings. The standard InChI is InChI=1S/C10H10N2O2/c1-12-10(9(14)6-11-12)7-2-4-8(13)5-3-7/h2-6,13-14H,1H3. The summed E-state index contributed by atoms with van der Waals surface area (Å²) >= 11 is 0. The summed E-state index contributed by atoms with van der Waals surface area (Å²) in [6.07, 6.45) is 1.39. The van der Waals surface area contributed by atoms with Crippen LogP contribution in [0.2, 0.25) is 0 Å². The third-order valence-corrected chi connectivity index (χ3v) is 2.06. The summed E-state index contributed by atoms with van der Waals surface area (Å²) in [4.78, 5) is 0. The van der Waals surface area contributed by atoms with Crippen LogP contribution in [0.3, 0.4) is 0 Å². The fourth-order valence-electron chi connectivity index (χ4n) is 1.38. The van der Waals surface area contributed by atoms with Crippen LogP contribution in [0.25, 0.3) is 11.3 Å². The van der Waals surface area contributed by atoms with Gasteiger partial charge in [-0.2, -0.15) is 5.10 Å². The number of phenolic OH excluding ortho intramolecular Hbond substituents is 1. The van der Waals surface area contributed by atoms with Gasteiger partial charge in [-0.15, -0.1) is 0 Å². The van der Waals surface area contributed by atoms with E-state index in [2.05, 4.69) is 5.10 Å². The minimum atomic E-state index is 0.137. The molecule has 0 spiro atoms. The van der Waals surface area contributed by atoms with Gasteiger partial charge >= 0.3 is 0 Å². The van der Waals surface area contributed by atoms with Gasteiger partial charge in [0.05, 0.1) is 6.20 Å². The molecule has 2 rings (SSSR count). The number of hydrogen-bond acceptors (Lipinski definition) is 3. The molecule has 0 fully saturated rings. The number of hydrogen-bond donors (Lipinski definition) is 2. The molecular formula is C10H10N2O2. The maximum atomic E-state index is 9.51. The number of aryl methyl sites for hydroxylation is 1. The van der Waals surface area contributed by atoms with E-state index in [1.54, 1.807) is 36.0 Å². The summed E-state index contributed by atoms with van der Waals surface area (Å²) < 4.78 is 1.59. The van der Waals surface area contributed by atoms with Crippen molar-refractivity contribution in [3.05, 3.63) is 30.5 Å². The lowest BCUT2D eigenvalue weighted by Gasteiger charge is -2.02. The van der Waals surface area contributed by atoms with E-state index in [0.717, 1.165) is 5.56 Å². The lowest BCUT2D eigenvalue weighted by Crippen LogP contribution is -1.92. The van der Waals surface area contributed by atoms with Crippen molar-refractivity contribution in [3.63, 3.8) is 0 Å². The van der Waals surface area contributed by atoms with Crippen LogP contribution >= 0.6 is 0 Å². The third-order valence-electron chi connectivity index (χ3n) is 2.06. The van der Waals surface area contributed by atoms with Crippen molar-refractivity contribution in [2.24, 2.45) is 7.05 Å². The zero-order valence-electron chi connectivity index (χ0n) is 7.68. The number of phenols is 1. The Bertz CT molecular complexity index is 426. The predicted octanol–water partition coefficient (Wildman–Crippen LogP) is 1.50. The van der Waals surface area contributed by atoms with Crippen molar-refractivity contribution < 1.29 is 10.2 Å². The van der Waals surface area contributed by atoms with Crippen molar-refractivity contribution in [2.45, 2.75) is 0 Å². The first kappa shape index (κ1) is 8.62. The molecule has 0 radical (unpaired) electrons. The molecule has 2 N–H and O–H groups in total. The Hall–Kier alpha value is -1.97. The van der Waals surface area contributed by atoms with E-state index in [1.165, 1.54) is 6.20 Å². The molecule has 14 heavy (non-hydrogen) atoms. The van der Waals surface area contributed by atoms with Gasteiger partial charge in [0.15, 0.2) is 5.75 Å². The lowest BCUT2D eigenvalue weighted by atomic mass is 10.1. The van der Waals surface area contributed by atoms with E-state index < -0.39 is 0 Å². The molecule has 4 heteroatoms. The Morgan fingerprint density at radius 2 is 1.79 bits per heavy atom. The first-order chi connectivity index (χ1) is 6.68. The van der Waals surface area contributed by atoms with E-state index in [9.17, 15) is 5.11 Å². The van der Waals surface area contributed by atoms with E-state index in [0.29, 0.717) is 5.69 Å². The molecule has 0 aliphatic carbocycles. The number of aromatic nitrogens is 2. The van der Waals surface area contributed by atoms with Crippen LogP contribution in [0.4, 0.5) is 0 Å². The highest BCUT2D eigenvalue weighted by Crippen LogP contribution is 2.28. The van der Waals surface area contributed by atoms with Gasteiger partial charge in [-0.25, -0.2) is 0 Å². The van der Waals surface area contributed by atoms with Crippen molar-refractivity contribution in [1.29, 1.82) is 0 Å². The van der Waals surface area contributed by atoms with Gasteiger partial charge in [-0.1, -0.05) is 0 Å². The zero-order chi connectivity index (χ0) is 10.1. The largest absolute Gasteiger partial charge is 0.508 e. The summed E-state index contributed by atoms with van der Waals surface area (Å²) in [7, 11) is 1.75. The minimum absolute atomic E-state index is 0.137. The minimum Gasteiger partial charge on any atom is -0.508 e. The first-order valence-electron chi connectivity index (χ1n) is 4.19. The Kier molecular flexibility index (Phi) is 1.89. The van der Waals surface area contributed by atoms with Crippen LogP contribution < -0.4 is 0 Å². The molecule has 0 saturated carbocycles. The summed E-state index contributed by atoms with van der Waals surface area (Å²) in [5.41, 5.74) is 1.46. The van der Waals surface area contributed by atoms with Crippen LogP contribution in [0.15, 0.2) is 30.5 Å². The van der Waals surface area contributed by atoms with Crippen molar-refractivity contribution in [3.8, 4) is 22.8 Å². The maximum Gasteiger partial charge on any atom is 0.161 e. The Balaban J connectivity index is 2.54. The molecule has 0 amide bonds. The molecule has 1 aromatic carbocycles. The second-order valence-electron chi connectivity index (χ2n) is 3.05. The molecule has 0 unspecified atom stereocenters. The molecule has 1 heterocycles. The average molecular weight is 190 g/mol. The van der Waals surface area contributed by atoms with E-state index in [-0.39, 0.29) is 11.5 Å². The van der Waals surface area contributed by atoms with Crippen molar-refractivity contribution >= 4 is 0 Å². The summed E-state index contributed by atoms with van der Waals surface area (Å²) in [5.74, 6) is 0.341. The molecule has 0 bridgehead atoms. The monoisotopic (exact) mass is 190 g/mol. The summed E-state index contributed by atoms with van der Waals surface area (Å²) in [6.45, 7) is 0. The van der Waals surface area contributed by atoms with Crippen LogP contribution in [0.5, 0.6) is 11.5 Å². The van der Waals surface area contributed by atoms with Crippen molar-refractivity contribution in [2.75, 3.05) is 0 Å². The van der Waals surface area contributed by atoms with E-state index in [4.69, 9.17) is 5.11 Å². The SMILES string of the molecule is Cn1ncc(O)c1-c1ccc(O)cc1. The second kappa shape index (κ2) is 3.06. The van der Waals surface area contributed by atoms with E-state index in [1.807, 2.05) is 0 Å². The topological polar surface area (TPSA) is 58.3 Å². The fourth-order valence-corrected chi connectivity index (χ4v) is 1.38. The molecule has 72 valence electrons. The van der Waals surface area contributed by atoms with Crippen molar-refractivity contribution in [1.82, 2.24) is 9.78 Å². The molecule has 0 saturated heterocycles. The molecule has 0 atom stereocenters. The lowest BCUT2D eigenvalue weighted by molar-refractivity contribution is 0.474. The Morgan fingerprint density at radius 3 is 2.29 bits per heavy atom. The Labute approximate surface area is 81.0 Å². The molecular weight excluding hydrogens is 180 g/mol. The van der Waals surface area contributed by atoms with Crippen LogP contribution in [0, 0.1) is 0 Å². The summed E-state index contributed by atoms with van der Waals surface area (Å²) in [5, 5.41) is 22.5. The molecule has 1 aromatic heterocycles.